The molecule has 1 heterocycles. The van der Waals surface area contributed by atoms with Crippen LogP contribution in [0.25, 0.3) is 0 Å². The summed E-state index contributed by atoms with van der Waals surface area (Å²) in [7, 11) is 3.50. The molecule has 0 bridgehead atoms. The molecule has 0 saturated carbocycles. The Kier molecular flexibility index (Phi) is 8.16. The Hall–Kier alpha value is -2.56. The van der Waals surface area contributed by atoms with Gasteiger partial charge in [-0.25, -0.2) is 5.10 Å². The third kappa shape index (κ3) is 5.25. The highest BCUT2D eigenvalue weighted by Gasteiger charge is 2.21. The molecule has 1 atom stereocenters. The van der Waals surface area contributed by atoms with Gasteiger partial charge >= 0.3 is 0 Å². The topological polar surface area (TPSA) is 93.8 Å². The molecule has 8 nitrogen and oxygen atoms in total. The van der Waals surface area contributed by atoms with Crippen LogP contribution < -0.4 is 24.7 Å². The second-order valence-corrected chi connectivity index (χ2v) is 9.19. The van der Waals surface area contributed by atoms with E-state index in [2.05, 4.69) is 26.1 Å². The highest BCUT2D eigenvalue weighted by molar-refractivity contribution is 9.10. The molecule has 1 N–H and O–H groups in total. The van der Waals surface area contributed by atoms with Gasteiger partial charge in [-0.15, -0.1) is 5.10 Å². The van der Waals surface area contributed by atoms with Gasteiger partial charge in [0.15, 0.2) is 11.5 Å². The number of aromatic nitrogens is 2. The molecule has 1 aromatic heterocycles. The second-order valence-electron chi connectivity index (χ2n) is 6.45. The number of benzene rings is 2. The lowest BCUT2D eigenvalue weighted by Crippen LogP contribution is -2.21. The first-order chi connectivity index (χ1) is 15.4. The van der Waals surface area contributed by atoms with Crippen molar-refractivity contribution in [3.8, 4) is 17.4 Å². The smallest absolute Gasteiger partial charge is 0.280 e. The van der Waals surface area contributed by atoms with Crippen LogP contribution in [-0.4, -0.2) is 48.0 Å². The SMILES string of the molecule is COc1ccc(N(C)c2c(OCCS(=O)c3ccccc3Cl)n[nH]c(=O)c2Br)cc1OC. The predicted octanol–water partition coefficient (Wildman–Crippen LogP) is 4.16. The molecule has 0 spiro atoms. The van der Waals surface area contributed by atoms with Crippen molar-refractivity contribution >= 4 is 49.7 Å². The molecular formula is C21H21BrClN3O5S. The Bertz CT molecular complexity index is 1190. The summed E-state index contributed by atoms with van der Waals surface area (Å²) in [6.07, 6.45) is 0. The van der Waals surface area contributed by atoms with E-state index in [1.807, 2.05) is 6.07 Å². The molecule has 0 fully saturated rings. The van der Waals surface area contributed by atoms with Gasteiger partial charge in [-0.3, -0.25) is 9.00 Å². The molecule has 0 aliphatic rings. The molecule has 11 heteroatoms. The van der Waals surface area contributed by atoms with Crippen LogP contribution in [0.3, 0.4) is 0 Å². The number of aromatic amines is 1. The summed E-state index contributed by atoms with van der Waals surface area (Å²) in [5.74, 6) is 1.47. The zero-order chi connectivity index (χ0) is 23.3. The van der Waals surface area contributed by atoms with Crippen LogP contribution in [0.15, 0.2) is 56.6 Å². The minimum absolute atomic E-state index is 0.0933. The number of ether oxygens (including phenoxy) is 3. The molecular weight excluding hydrogens is 522 g/mol. The average Bonchev–Trinajstić information content (AvgIpc) is 2.80. The van der Waals surface area contributed by atoms with Gasteiger partial charge in [-0.05, 0) is 40.2 Å². The van der Waals surface area contributed by atoms with E-state index in [0.717, 1.165) is 0 Å². The van der Waals surface area contributed by atoms with Crippen LogP contribution >= 0.6 is 27.5 Å². The van der Waals surface area contributed by atoms with E-state index in [4.69, 9.17) is 25.8 Å². The van der Waals surface area contributed by atoms with Crippen molar-refractivity contribution in [3.05, 3.63) is 62.3 Å². The van der Waals surface area contributed by atoms with Crippen LogP contribution in [0.4, 0.5) is 11.4 Å². The first-order valence-electron chi connectivity index (χ1n) is 9.37. The zero-order valence-electron chi connectivity index (χ0n) is 17.6. The van der Waals surface area contributed by atoms with Crippen LogP contribution in [0.1, 0.15) is 0 Å². The molecule has 2 aromatic carbocycles. The summed E-state index contributed by atoms with van der Waals surface area (Å²) in [6, 6.07) is 12.3. The van der Waals surface area contributed by atoms with Crippen LogP contribution in [0.2, 0.25) is 5.02 Å². The van der Waals surface area contributed by atoms with Crippen molar-refractivity contribution in [2.24, 2.45) is 0 Å². The molecule has 3 aromatic rings. The summed E-state index contributed by atoms with van der Waals surface area (Å²) < 4.78 is 29.3. The van der Waals surface area contributed by atoms with Crippen molar-refractivity contribution in [3.63, 3.8) is 0 Å². The minimum Gasteiger partial charge on any atom is -0.493 e. The minimum atomic E-state index is -1.35. The first kappa shape index (κ1) is 24.1. The van der Waals surface area contributed by atoms with Gasteiger partial charge in [-0.2, -0.15) is 0 Å². The van der Waals surface area contributed by atoms with E-state index >= 15 is 0 Å². The summed E-state index contributed by atoms with van der Waals surface area (Å²) in [6.45, 7) is 0.0933. The highest BCUT2D eigenvalue weighted by Crippen LogP contribution is 2.38. The fourth-order valence-electron chi connectivity index (χ4n) is 2.91. The third-order valence-electron chi connectivity index (χ3n) is 4.55. The van der Waals surface area contributed by atoms with Gasteiger partial charge in [0.2, 0.25) is 0 Å². The van der Waals surface area contributed by atoms with Crippen molar-refractivity contribution in [1.29, 1.82) is 0 Å². The van der Waals surface area contributed by atoms with Gasteiger partial charge in [-0.1, -0.05) is 23.7 Å². The lowest BCUT2D eigenvalue weighted by molar-refractivity contribution is 0.325. The van der Waals surface area contributed by atoms with E-state index in [1.165, 1.54) is 0 Å². The number of hydrogen-bond acceptors (Lipinski definition) is 7. The van der Waals surface area contributed by atoms with Crippen LogP contribution in [0, 0.1) is 0 Å². The monoisotopic (exact) mass is 541 g/mol. The summed E-state index contributed by atoms with van der Waals surface area (Å²) in [4.78, 5) is 14.5. The fourth-order valence-corrected chi connectivity index (χ4v) is 4.80. The fraction of sp³-hybridized carbons (Fsp3) is 0.238. The molecule has 0 radical (unpaired) electrons. The van der Waals surface area contributed by atoms with Crippen molar-refractivity contribution in [1.82, 2.24) is 10.2 Å². The van der Waals surface area contributed by atoms with Crippen LogP contribution in [-0.2, 0) is 10.8 Å². The van der Waals surface area contributed by atoms with E-state index in [1.54, 1.807) is 62.6 Å². The Morgan fingerprint density at radius 3 is 2.56 bits per heavy atom. The Morgan fingerprint density at radius 1 is 1.16 bits per heavy atom. The molecule has 0 amide bonds. The van der Waals surface area contributed by atoms with Gasteiger partial charge in [0.05, 0.1) is 40.7 Å². The maximum absolute atomic E-state index is 12.6. The van der Waals surface area contributed by atoms with Crippen molar-refractivity contribution in [2.45, 2.75) is 4.90 Å². The number of methoxy groups -OCH3 is 2. The number of H-pyrrole nitrogens is 1. The molecule has 170 valence electrons. The Balaban J connectivity index is 1.84. The zero-order valence-corrected chi connectivity index (χ0v) is 20.7. The van der Waals surface area contributed by atoms with Gasteiger partial charge in [0.25, 0.3) is 11.4 Å². The number of hydrogen-bond donors (Lipinski definition) is 1. The number of nitrogens with zero attached hydrogens (tertiary/aromatic N) is 2. The maximum atomic E-state index is 12.6. The van der Waals surface area contributed by atoms with Gasteiger partial charge in [0.1, 0.15) is 16.8 Å². The quantitative estimate of drug-likeness (QED) is 0.434. The number of nitrogens with one attached hydrogen (secondary N) is 1. The van der Waals surface area contributed by atoms with Gasteiger partial charge < -0.3 is 19.1 Å². The van der Waals surface area contributed by atoms with Gasteiger partial charge in [0, 0.05) is 18.8 Å². The second kappa shape index (κ2) is 10.8. The number of halogens is 2. The van der Waals surface area contributed by atoms with Crippen LogP contribution in [0.5, 0.6) is 17.4 Å². The normalized spacial score (nSPS) is 11.7. The summed E-state index contributed by atoms with van der Waals surface area (Å²) in [5, 5.41) is 6.86. The van der Waals surface area contributed by atoms with E-state index in [0.29, 0.717) is 32.8 Å². The molecule has 0 aliphatic carbocycles. The summed E-state index contributed by atoms with van der Waals surface area (Å²) >= 11 is 9.44. The van der Waals surface area contributed by atoms with E-state index < -0.39 is 16.4 Å². The molecule has 0 saturated heterocycles. The molecule has 32 heavy (non-hydrogen) atoms. The number of rotatable bonds is 9. The maximum Gasteiger partial charge on any atom is 0.280 e. The average molecular weight is 543 g/mol. The number of anilines is 2. The standard InChI is InChI=1S/C21H21BrClN3O5S/c1-26(13-8-9-15(29-2)16(12-13)30-3)19-18(22)20(27)24-25-21(19)31-10-11-32(28)17-7-5-4-6-14(17)23/h4-9,12H,10-11H2,1-3H3,(H,24,27). The van der Waals surface area contributed by atoms with Crippen molar-refractivity contribution in [2.75, 3.05) is 38.5 Å². The van der Waals surface area contributed by atoms with E-state index in [-0.39, 0.29) is 22.7 Å². The molecule has 1 unspecified atom stereocenters. The Morgan fingerprint density at radius 2 is 1.88 bits per heavy atom. The third-order valence-corrected chi connectivity index (χ3v) is 7.11. The molecule has 3 rings (SSSR count). The lowest BCUT2D eigenvalue weighted by atomic mass is 10.2. The lowest BCUT2D eigenvalue weighted by Gasteiger charge is -2.23. The first-order valence-corrected chi connectivity index (χ1v) is 11.9. The van der Waals surface area contributed by atoms with Crippen molar-refractivity contribution < 1.29 is 18.4 Å². The Labute approximate surface area is 201 Å². The molecule has 0 aliphatic heterocycles. The largest absolute Gasteiger partial charge is 0.493 e. The van der Waals surface area contributed by atoms with E-state index in [9.17, 15) is 9.00 Å². The predicted molar refractivity (Wildman–Crippen MR) is 128 cm³/mol. The highest BCUT2D eigenvalue weighted by atomic mass is 79.9. The summed E-state index contributed by atoms with van der Waals surface area (Å²) in [5.41, 5.74) is 0.698.